The van der Waals surface area contributed by atoms with E-state index in [1.165, 1.54) is 19.2 Å². The van der Waals surface area contributed by atoms with Gasteiger partial charge in [0.2, 0.25) is 5.75 Å². The summed E-state index contributed by atoms with van der Waals surface area (Å²) in [5, 5.41) is 0. The third kappa shape index (κ3) is 4.65. The van der Waals surface area contributed by atoms with Gasteiger partial charge in [0.1, 0.15) is 13.2 Å². The van der Waals surface area contributed by atoms with Crippen molar-refractivity contribution < 1.29 is 28.5 Å². The molecule has 0 N–H and O–H groups in total. The van der Waals surface area contributed by atoms with Gasteiger partial charge in [-0.3, -0.25) is 4.79 Å². The first kappa shape index (κ1) is 18.6. The lowest BCUT2D eigenvalue weighted by Gasteiger charge is -2.22. The highest BCUT2D eigenvalue weighted by Gasteiger charge is 2.22. The molecule has 136 valence electrons. The van der Waals surface area contributed by atoms with Crippen molar-refractivity contribution in [1.29, 1.82) is 0 Å². The van der Waals surface area contributed by atoms with E-state index < -0.39 is 5.97 Å². The van der Waals surface area contributed by atoms with Crippen molar-refractivity contribution in [2.75, 3.05) is 40.0 Å². The van der Waals surface area contributed by atoms with Gasteiger partial charge in [0.05, 0.1) is 12.7 Å². The number of amides is 1. The average molecular weight is 349 g/mol. The highest BCUT2D eigenvalue weighted by atomic mass is 16.6. The Morgan fingerprint density at radius 2 is 2.00 bits per heavy atom. The number of benzene rings is 1. The van der Waals surface area contributed by atoms with Crippen LogP contribution in [0.3, 0.4) is 0 Å². The molecule has 1 amide bonds. The monoisotopic (exact) mass is 349 g/mol. The summed E-state index contributed by atoms with van der Waals surface area (Å²) in [5.74, 6) is 0.354. The molecule has 0 spiro atoms. The average Bonchev–Trinajstić information content (AvgIpc) is 2.62. The first-order valence-electron chi connectivity index (χ1n) is 8.03. The predicted molar refractivity (Wildman–Crippen MR) is 91.3 cm³/mol. The molecular formula is C18H23NO6. The van der Waals surface area contributed by atoms with E-state index in [-0.39, 0.29) is 18.1 Å². The maximum atomic E-state index is 12.3. The number of hydrogen-bond donors (Lipinski definition) is 0. The molecule has 0 atom stereocenters. The minimum absolute atomic E-state index is 0.233. The molecule has 0 radical (unpaired) electrons. The van der Waals surface area contributed by atoms with Gasteiger partial charge in [-0.05, 0) is 26.0 Å². The van der Waals surface area contributed by atoms with Crippen LogP contribution in [0.1, 0.15) is 24.2 Å². The van der Waals surface area contributed by atoms with Crippen LogP contribution in [0.25, 0.3) is 0 Å². The first-order chi connectivity index (χ1) is 12.0. The van der Waals surface area contributed by atoms with Gasteiger partial charge < -0.3 is 23.8 Å². The zero-order valence-electron chi connectivity index (χ0n) is 14.8. The van der Waals surface area contributed by atoms with E-state index in [9.17, 15) is 9.59 Å². The van der Waals surface area contributed by atoms with Crippen molar-refractivity contribution >= 4 is 11.9 Å². The Labute approximate surface area is 147 Å². The molecule has 0 saturated carbocycles. The molecule has 2 rings (SSSR count). The van der Waals surface area contributed by atoms with Gasteiger partial charge in [-0.2, -0.15) is 0 Å². The second-order valence-corrected chi connectivity index (χ2v) is 5.64. The van der Waals surface area contributed by atoms with Gasteiger partial charge in [-0.15, -0.1) is 0 Å². The highest BCUT2D eigenvalue weighted by Crippen LogP contribution is 2.40. The van der Waals surface area contributed by atoms with Crippen molar-refractivity contribution in [2.45, 2.75) is 13.8 Å². The Bertz CT molecular complexity index is 653. The minimum atomic E-state index is -0.630. The lowest BCUT2D eigenvalue weighted by atomic mass is 10.1. The molecular weight excluding hydrogens is 326 g/mol. The van der Waals surface area contributed by atoms with Gasteiger partial charge >= 0.3 is 5.97 Å². The number of rotatable bonds is 7. The second-order valence-electron chi connectivity index (χ2n) is 5.64. The third-order valence-corrected chi connectivity index (χ3v) is 3.59. The van der Waals surface area contributed by atoms with E-state index in [1.54, 1.807) is 4.90 Å². The highest BCUT2D eigenvalue weighted by molar-refractivity contribution is 5.92. The maximum Gasteiger partial charge on any atom is 0.338 e. The normalized spacial score (nSPS) is 12.3. The fourth-order valence-corrected chi connectivity index (χ4v) is 2.40. The van der Waals surface area contributed by atoms with E-state index in [2.05, 4.69) is 6.58 Å². The number of likely N-dealkylation sites (N-methyl/N-ethyl adjacent to an activating group) is 1. The summed E-state index contributed by atoms with van der Waals surface area (Å²) in [6, 6.07) is 3.03. The van der Waals surface area contributed by atoms with Gasteiger partial charge in [0, 0.05) is 13.1 Å². The molecule has 0 unspecified atom stereocenters. The summed E-state index contributed by atoms with van der Waals surface area (Å²) in [6.45, 7) is 8.89. The Hall–Kier alpha value is -2.70. The number of nitrogens with zero attached hydrogens (tertiary/aromatic N) is 1. The number of hydrogen-bond acceptors (Lipinski definition) is 6. The van der Waals surface area contributed by atoms with Gasteiger partial charge in [0.15, 0.2) is 18.1 Å². The molecule has 1 heterocycles. The third-order valence-electron chi connectivity index (χ3n) is 3.59. The molecule has 1 aromatic carbocycles. The quantitative estimate of drug-likeness (QED) is 0.554. The Balaban J connectivity index is 2.05. The summed E-state index contributed by atoms with van der Waals surface area (Å²) in [5.41, 5.74) is 1.09. The van der Waals surface area contributed by atoms with Gasteiger partial charge in [-0.25, -0.2) is 4.79 Å². The SMILES string of the molecule is C=C(C)CN(CC)C(=O)COC(=O)c1cc(OC)c2c(c1)OCCO2. The zero-order chi connectivity index (χ0) is 18.4. The molecule has 1 aliphatic heterocycles. The number of carbonyl (C=O) groups is 2. The van der Waals surface area contributed by atoms with Crippen LogP contribution in [0.15, 0.2) is 24.3 Å². The van der Waals surface area contributed by atoms with Crippen LogP contribution in [-0.2, 0) is 9.53 Å². The van der Waals surface area contributed by atoms with Crippen molar-refractivity contribution in [3.63, 3.8) is 0 Å². The molecule has 0 bridgehead atoms. The number of fused-ring (bicyclic) bond motifs is 1. The van der Waals surface area contributed by atoms with E-state index in [1.807, 2.05) is 13.8 Å². The van der Waals surface area contributed by atoms with E-state index in [0.29, 0.717) is 43.6 Å². The molecule has 0 aliphatic carbocycles. The molecule has 0 fully saturated rings. The van der Waals surface area contributed by atoms with Crippen LogP contribution < -0.4 is 14.2 Å². The number of esters is 1. The van der Waals surface area contributed by atoms with E-state index in [0.717, 1.165) is 5.57 Å². The lowest BCUT2D eigenvalue weighted by molar-refractivity contribution is -0.133. The summed E-state index contributed by atoms with van der Waals surface area (Å²) in [7, 11) is 1.48. The predicted octanol–water partition coefficient (Wildman–Crippen LogP) is 2.05. The summed E-state index contributed by atoms with van der Waals surface area (Å²) < 4.78 is 21.3. The van der Waals surface area contributed by atoms with Crippen LogP contribution >= 0.6 is 0 Å². The topological polar surface area (TPSA) is 74.3 Å². The van der Waals surface area contributed by atoms with Crippen LogP contribution in [0, 0.1) is 0 Å². The Morgan fingerprint density at radius 1 is 1.28 bits per heavy atom. The molecule has 0 aromatic heterocycles. The standard InChI is InChI=1S/C18H23NO6/c1-5-19(10-12(2)3)16(20)11-25-18(21)13-8-14(22-4)17-15(9-13)23-6-7-24-17/h8-9H,2,5-7,10-11H2,1,3-4H3. The number of methoxy groups -OCH3 is 1. The largest absolute Gasteiger partial charge is 0.493 e. The maximum absolute atomic E-state index is 12.3. The van der Waals surface area contributed by atoms with Crippen LogP contribution in [0.2, 0.25) is 0 Å². The van der Waals surface area contributed by atoms with Crippen LogP contribution in [0.4, 0.5) is 0 Å². The lowest BCUT2D eigenvalue weighted by Crippen LogP contribution is -2.35. The van der Waals surface area contributed by atoms with Crippen molar-refractivity contribution in [2.24, 2.45) is 0 Å². The van der Waals surface area contributed by atoms with Gasteiger partial charge in [-0.1, -0.05) is 12.2 Å². The Kier molecular flexibility index (Phi) is 6.27. The minimum Gasteiger partial charge on any atom is -0.493 e. The second kappa shape index (κ2) is 8.41. The van der Waals surface area contributed by atoms with Crippen molar-refractivity contribution in [1.82, 2.24) is 4.90 Å². The molecule has 1 aliphatic rings. The van der Waals surface area contributed by atoms with Crippen LogP contribution in [-0.4, -0.2) is 56.8 Å². The summed E-state index contributed by atoms with van der Waals surface area (Å²) >= 11 is 0. The van der Waals surface area contributed by atoms with Crippen LogP contribution in [0.5, 0.6) is 17.2 Å². The number of carbonyl (C=O) groups excluding carboxylic acids is 2. The van der Waals surface area contributed by atoms with Gasteiger partial charge in [0.25, 0.3) is 5.91 Å². The number of ether oxygens (including phenoxy) is 4. The fourth-order valence-electron chi connectivity index (χ4n) is 2.40. The smallest absolute Gasteiger partial charge is 0.338 e. The summed E-state index contributed by atoms with van der Waals surface area (Å²) in [4.78, 5) is 26.0. The fraction of sp³-hybridized carbons (Fsp3) is 0.444. The van der Waals surface area contributed by atoms with Crippen molar-refractivity contribution in [3.05, 3.63) is 29.8 Å². The molecule has 25 heavy (non-hydrogen) atoms. The zero-order valence-corrected chi connectivity index (χ0v) is 14.8. The Morgan fingerprint density at radius 3 is 2.64 bits per heavy atom. The summed E-state index contributed by atoms with van der Waals surface area (Å²) in [6.07, 6.45) is 0. The van der Waals surface area contributed by atoms with E-state index in [4.69, 9.17) is 18.9 Å². The van der Waals surface area contributed by atoms with Crippen molar-refractivity contribution in [3.8, 4) is 17.2 Å². The molecule has 7 nitrogen and oxygen atoms in total. The molecule has 0 saturated heterocycles. The van der Waals surface area contributed by atoms with E-state index >= 15 is 0 Å². The molecule has 1 aromatic rings. The first-order valence-corrected chi connectivity index (χ1v) is 8.03. The molecule has 7 heteroatoms.